The Labute approximate surface area is 86.9 Å². The van der Waals surface area contributed by atoms with Crippen LogP contribution >= 0.6 is 15.9 Å². The topological polar surface area (TPSA) is 46.2 Å². The fourth-order valence-corrected chi connectivity index (χ4v) is 1.58. The molecule has 2 nitrogen and oxygen atoms in total. The van der Waals surface area contributed by atoms with Gasteiger partial charge >= 0.3 is 0 Å². The first-order chi connectivity index (χ1) is 6.19. The van der Waals surface area contributed by atoms with Crippen LogP contribution in [-0.2, 0) is 0 Å². The summed E-state index contributed by atoms with van der Waals surface area (Å²) in [6.45, 7) is 2.61. The van der Waals surface area contributed by atoms with Gasteiger partial charge in [-0.1, -0.05) is 28.1 Å². The number of rotatable bonds is 3. The van der Waals surface area contributed by atoms with Crippen molar-refractivity contribution in [2.45, 2.75) is 12.8 Å². The molecule has 1 unspecified atom stereocenters. The molecule has 72 valence electrons. The van der Waals surface area contributed by atoms with Crippen molar-refractivity contribution in [2.24, 2.45) is 5.73 Å². The van der Waals surface area contributed by atoms with Crippen LogP contribution < -0.4 is 5.73 Å². The number of aliphatic hydroxyl groups excluding tert-OH is 1. The highest BCUT2D eigenvalue weighted by molar-refractivity contribution is 9.10. The number of halogens is 1. The molecule has 3 N–H and O–H groups in total. The molecule has 0 aliphatic rings. The van der Waals surface area contributed by atoms with Crippen LogP contribution in [0, 0.1) is 6.92 Å². The van der Waals surface area contributed by atoms with E-state index < -0.39 is 0 Å². The molecule has 0 radical (unpaired) electrons. The second-order valence-corrected chi connectivity index (χ2v) is 3.98. The smallest absolute Gasteiger partial charge is 0.0511 e. The number of hydrogen-bond donors (Lipinski definition) is 2. The van der Waals surface area contributed by atoms with Crippen LogP contribution in [0.4, 0.5) is 0 Å². The van der Waals surface area contributed by atoms with Gasteiger partial charge in [0.15, 0.2) is 0 Å². The Morgan fingerprint density at radius 2 is 2.23 bits per heavy atom. The van der Waals surface area contributed by atoms with E-state index in [0.29, 0.717) is 6.54 Å². The summed E-state index contributed by atoms with van der Waals surface area (Å²) in [4.78, 5) is 0. The largest absolute Gasteiger partial charge is 0.396 e. The highest BCUT2D eigenvalue weighted by Crippen LogP contribution is 2.22. The summed E-state index contributed by atoms with van der Waals surface area (Å²) < 4.78 is 1.07. The molecule has 0 bridgehead atoms. The molecule has 0 aliphatic heterocycles. The monoisotopic (exact) mass is 243 g/mol. The van der Waals surface area contributed by atoms with Crippen molar-refractivity contribution < 1.29 is 5.11 Å². The van der Waals surface area contributed by atoms with Crippen LogP contribution in [0.2, 0.25) is 0 Å². The SMILES string of the molecule is Cc1ccc(C(CN)CO)cc1Br. The van der Waals surface area contributed by atoms with Gasteiger partial charge in [0.05, 0.1) is 6.61 Å². The van der Waals surface area contributed by atoms with Gasteiger partial charge in [-0.15, -0.1) is 0 Å². The van der Waals surface area contributed by atoms with Crippen molar-refractivity contribution in [1.29, 1.82) is 0 Å². The molecule has 0 saturated heterocycles. The number of hydrogen-bond acceptors (Lipinski definition) is 2. The van der Waals surface area contributed by atoms with E-state index in [-0.39, 0.29) is 12.5 Å². The van der Waals surface area contributed by atoms with Gasteiger partial charge in [-0.05, 0) is 24.1 Å². The Kier molecular flexibility index (Phi) is 3.90. The van der Waals surface area contributed by atoms with Crippen molar-refractivity contribution >= 4 is 15.9 Å². The van der Waals surface area contributed by atoms with E-state index in [0.717, 1.165) is 10.0 Å². The molecule has 3 heteroatoms. The molecule has 0 saturated carbocycles. The predicted octanol–water partition coefficient (Wildman–Crippen LogP) is 1.79. The minimum absolute atomic E-state index is 0.0527. The fourth-order valence-electron chi connectivity index (χ4n) is 1.18. The third-order valence-corrected chi connectivity index (χ3v) is 3.03. The van der Waals surface area contributed by atoms with E-state index in [1.54, 1.807) is 0 Å². The molecule has 1 aromatic rings. The van der Waals surface area contributed by atoms with Gasteiger partial charge in [0.1, 0.15) is 0 Å². The maximum absolute atomic E-state index is 9.04. The maximum Gasteiger partial charge on any atom is 0.0511 e. The van der Waals surface area contributed by atoms with Crippen molar-refractivity contribution in [2.75, 3.05) is 13.2 Å². The van der Waals surface area contributed by atoms with Gasteiger partial charge in [-0.3, -0.25) is 0 Å². The molecule has 0 spiro atoms. The lowest BCUT2D eigenvalue weighted by molar-refractivity contribution is 0.268. The number of aliphatic hydroxyl groups is 1. The molecule has 13 heavy (non-hydrogen) atoms. The molecule has 0 fully saturated rings. The summed E-state index contributed by atoms with van der Waals surface area (Å²) in [7, 11) is 0. The van der Waals surface area contributed by atoms with Crippen molar-refractivity contribution in [3.63, 3.8) is 0 Å². The molecular formula is C10H14BrNO. The van der Waals surface area contributed by atoms with Gasteiger partial charge in [0, 0.05) is 16.9 Å². The average Bonchev–Trinajstić information content (AvgIpc) is 2.13. The standard InChI is InChI=1S/C10H14BrNO/c1-7-2-3-8(4-10(7)11)9(5-12)6-13/h2-4,9,13H,5-6,12H2,1H3. The Bertz CT molecular complexity index is 284. The quantitative estimate of drug-likeness (QED) is 0.851. The highest BCUT2D eigenvalue weighted by atomic mass is 79.9. The number of benzene rings is 1. The van der Waals surface area contributed by atoms with Crippen molar-refractivity contribution in [3.05, 3.63) is 33.8 Å². The van der Waals surface area contributed by atoms with Crippen molar-refractivity contribution in [1.82, 2.24) is 0 Å². The first kappa shape index (κ1) is 10.7. The zero-order chi connectivity index (χ0) is 9.84. The molecule has 0 aromatic heterocycles. The molecule has 1 atom stereocenters. The predicted molar refractivity (Wildman–Crippen MR) is 57.8 cm³/mol. The fraction of sp³-hybridized carbons (Fsp3) is 0.400. The lowest BCUT2D eigenvalue weighted by Gasteiger charge is -2.12. The Balaban J connectivity index is 2.95. The Hall–Kier alpha value is -0.380. The van der Waals surface area contributed by atoms with Crippen LogP contribution in [0.25, 0.3) is 0 Å². The zero-order valence-corrected chi connectivity index (χ0v) is 9.21. The van der Waals surface area contributed by atoms with Gasteiger partial charge in [0.2, 0.25) is 0 Å². The summed E-state index contributed by atoms with van der Waals surface area (Å²) in [5.41, 5.74) is 7.81. The molecule has 1 rings (SSSR count). The Morgan fingerprint density at radius 1 is 1.54 bits per heavy atom. The molecule has 0 amide bonds. The van der Waals surface area contributed by atoms with Gasteiger partial charge in [-0.2, -0.15) is 0 Å². The van der Waals surface area contributed by atoms with E-state index in [1.807, 2.05) is 25.1 Å². The summed E-state index contributed by atoms with van der Waals surface area (Å²) >= 11 is 3.45. The van der Waals surface area contributed by atoms with Crippen LogP contribution in [0.15, 0.2) is 22.7 Å². The van der Waals surface area contributed by atoms with E-state index in [1.165, 1.54) is 5.56 Å². The molecule has 0 heterocycles. The summed E-state index contributed by atoms with van der Waals surface area (Å²) in [5, 5.41) is 9.04. The zero-order valence-electron chi connectivity index (χ0n) is 7.63. The third kappa shape index (κ3) is 2.53. The number of nitrogens with two attached hydrogens (primary N) is 1. The summed E-state index contributed by atoms with van der Waals surface area (Å²) in [6, 6.07) is 6.05. The van der Waals surface area contributed by atoms with Gasteiger partial charge < -0.3 is 10.8 Å². The lowest BCUT2D eigenvalue weighted by atomic mass is 9.99. The normalized spacial score (nSPS) is 12.9. The summed E-state index contributed by atoms with van der Waals surface area (Å²) in [5.74, 6) is 0.0527. The lowest BCUT2D eigenvalue weighted by Crippen LogP contribution is -2.15. The minimum atomic E-state index is 0.0527. The van der Waals surface area contributed by atoms with E-state index in [4.69, 9.17) is 10.8 Å². The maximum atomic E-state index is 9.04. The van der Waals surface area contributed by atoms with E-state index in [9.17, 15) is 0 Å². The van der Waals surface area contributed by atoms with Crippen LogP contribution in [-0.4, -0.2) is 18.3 Å². The first-order valence-corrected chi connectivity index (χ1v) is 5.05. The molecular weight excluding hydrogens is 230 g/mol. The molecule has 1 aromatic carbocycles. The van der Waals surface area contributed by atoms with Crippen LogP contribution in [0.5, 0.6) is 0 Å². The minimum Gasteiger partial charge on any atom is -0.396 e. The van der Waals surface area contributed by atoms with Gasteiger partial charge in [-0.25, -0.2) is 0 Å². The molecule has 0 aliphatic carbocycles. The van der Waals surface area contributed by atoms with E-state index >= 15 is 0 Å². The first-order valence-electron chi connectivity index (χ1n) is 4.26. The summed E-state index contributed by atoms with van der Waals surface area (Å²) in [6.07, 6.45) is 0. The highest BCUT2D eigenvalue weighted by Gasteiger charge is 2.08. The average molecular weight is 244 g/mol. The van der Waals surface area contributed by atoms with Gasteiger partial charge in [0.25, 0.3) is 0 Å². The van der Waals surface area contributed by atoms with Crippen LogP contribution in [0.1, 0.15) is 17.0 Å². The number of aryl methyl sites for hydroxylation is 1. The second kappa shape index (κ2) is 4.74. The van der Waals surface area contributed by atoms with Crippen LogP contribution in [0.3, 0.4) is 0 Å². The van der Waals surface area contributed by atoms with E-state index in [2.05, 4.69) is 15.9 Å². The van der Waals surface area contributed by atoms with Crippen molar-refractivity contribution in [3.8, 4) is 0 Å². The Morgan fingerprint density at radius 3 is 2.69 bits per heavy atom. The third-order valence-electron chi connectivity index (χ3n) is 2.17. The second-order valence-electron chi connectivity index (χ2n) is 3.12.